The first kappa shape index (κ1) is 19.3. The van der Waals surface area contributed by atoms with E-state index in [1.807, 2.05) is 19.9 Å². The highest BCUT2D eigenvalue weighted by atomic mass is 32.2. The standard InChI is InChI=1S/C17H26N2O3S2/c1-3-11-24(21,22)16-9-5-4-8-15(16)23-13(2)17(20)19-14-7-6-10-18-12-14/h4-5,8-9,13-14,18H,3,6-7,10-12H2,1-2H3,(H,19,20). The first-order valence-corrected chi connectivity index (χ1v) is 11.0. The molecule has 0 radical (unpaired) electrons. The number of carbonyl (C=O) groups excluding carboxylic acids is 1. The van der Waals surface area contributed by atoms with Crippen molar-refractivity contribution in [1.82, 2.24) is 10.6 Å². The van der Waals surface area contributed by atoms with Gasteiger partial charge in [-0.2, -0.15) is 0 Å². The SMILES string of the molecule is CCCS(=O)(=O)c1ccccc1SC(C)C(=O)NC1CCCNC1. The van der Waals surface area contributed by atoms with Gasteiger partial charge < -0.3 is 10.6 Å². The number of benzene rings is 1. The molecular formula is C17H26N2O3S2. The highest BCUT2D eigenvalue weighted by Crippen LogP contribution is 2.30. The molecule has 134 valence electrons. The molecule has 1 aliphatic rings. The van der Waals surface area contributed by atoms with E-state index < -0.39 is 9.84 Å². The van der Waals surface area contributed by atoms with E-state index in [1.165, 1.54) is 11.8 Å². The maximum atomic E-state index is 12.4. The number of sulfone groups is 1. The Labute approximate surface area is 148 Å². The summed E-state index contributed by atoms with van der Waals surface area (Å²) >= 11 is 1.31. The number of hydrogen-bond acceptors (Lipinski definition) is 5. The zero-order valence-electron chi connectivity index (χ0n) is 14.2. The van der Waals surface area contributed by atoms with Crippen LogP contribution in [0.1, 0.15) is 33.1 Å². The Morgan fingerprint density at radius 3 is 2.83 bits per heavy atom. The van der Waals surface area contributed by atoms with Gasteiger partial charge >= 0.3 is 0 Å². The van der Waals surface area contributed by atoms with E-state index in [9.17, 15) is 13.2 Å². The molecule has 24 heavy (non-hydrogen) atoms. The Kier molecular flexibility index (Phi) is 7.13. The van der Waals surface area contributed by atoms with Crippen molar-refractivity contribution >= 4 is 27.5 Å². The van der Waals surface area contributed by atoms with Crippen LogP contribution in [0.15, 0.2) is 34.1 Å². The third-order valence-corrected chi connectivity index (χ3v) is 7.25. The van der Waals surface area contributed by atoms with E-state index in [1.54, 1.807) is 18.2 Å². The molecule has 0 aromatic heterocycles. The molecule has 1 aromatic carbocycles. The van der Waals surface area contributed by atoms with Crippen molar-refractivity contribution < 1.29 is 13.2 Å². The molecule has 1 fully saturated rings. The van der Waals surface area contributed by atoms with E-state index in [0.29, 0.717) is 16.2 Å². The van der Waals surface area contributed by atoms with Gasteiger partial charge in [-0.25, -0.2) is 8.42 Å². The van der Waals surface area contributed by atoms with Gasteiger partial charge in [0.25, 0.3) is 0 Å². The fraction of sp³-hybridized carbons (Fsp3) is 0.588. The van der Waals surface area contributed by atoms with Crippen LogP contribution in [0.3, 0.4) is 0 Å². The smallest absolute Gasteiger partial charge is 0.233 e. The van der Waals surface area contributed by atoms with Gasteiger partial charge in [0.2, 0.25) is 5.91 Å². The topological polar surface area (TPSA) is 75.3 Å². The summed E-state index contributed by atoms with van der Waals surface area (Å²) in [5.74, 6) is 0.0789. The van der Waals surface area contributed by atoms with Gasteiger partial charge in [-0.1, -0.05) is 19.1 Å². The summed E-state index contributed by atoms with van der Waals surface area (Å²) in [4.78, 5) is 13.4. The lowest BCUT2D eigenvalue weighted by molar-refractivity contribution is -0.121. The molecule has 1 amide bonds. The Bertz CT molecular complexity index is 656. The Balaban J connectivity index is 2.06. The molecule has 2 N–H and O–H groups in total. The quantitative estimate of drug-likeness (QED) is 0.720. The molecule has 0 bridgehead atoms. The van der Waals surface area contributed by atoms with Crippen LogP contribution in [-0.2, 0) is 14.6 Å². The maximum absolute atomic E-state index is 12.4. The summed E-state index contributed by atoms with van der Waals surface area (Å²) < 4.78 is 24.8. The number of piperidine rings is 1. The lowest BCUT2D eigenvalue weighted by Gasteiger charge is -2.25. The third-order valence-electron chi connectivity index (χ3n) is 3.97. The Hall–Kier alpha value is -1.05. The summed E-state index contributed by atoms with van der Waals surface area (Å²) in [7, 11) is -3.30. The fourth-order valence-electron chi connectivity index (χ4n) is 2.72. The summed E-state index contributed by atoms with van der Waals surface area (Å²) in [5, 5.41) is 5.98. The van der Waals surface area contributed by atoms with Gasteiger partial charge in [0.1, 0.15) is 0 Å². The highest BCUT2D eigenvalue weighted by Gasteiger charge is 2.23. The average Bonchev–Trinajstić information content (AvgIpc) is 2.56. The predicted octanol–water partition coefficient (Wildman–Crippen LogP) is 2.22. The van der Waals surface area contributed by atoms with Crippen LogP contribution < -0.4 is 10.6 Å². The molecule has 1 heterocycles. The zero-order valence-corrected chi connectivity index (χ0v) is 15.9. The first-order chi connectivity index (χ1) is 11.4. The zero-order chi connectivity index (χ0) is 17.6. The molecule has 2 unspecified atom stereocenters. The van der Waals surface area contributed by atoms with Crippen LogP contribution in [0.2, 0.25) is 0 Å². The van der Waals surface area contributed by atoms with E-state index >= 15 is 0 Å². The maximum Gasteiger partial charge on any atom is 0.233 e. The lowest BCUT2D eigenvalue weighted by Crippen LogP contribution is -2.47. The molecule has 0 spiro atoms. The molecule has 1 saturated heterocycles. The second-order valence-electron chi connectivity index (χ2n) is 6.08. The largest absolute Gasteiger partial charge is 0.351 e. The highest BCUT2D eigenvalue weighted by molar-refractivity contribution is 8.01. The molecule has 7 heteroatoms. The fourth-order valence-corrected chi connectivity index (χ4v) is 5.56. The number of rotatable bonds is 7. The second kappa shape index (κ2) is 8.87. The van der Waals surface area contributed by atoms with Crippen molar-refractivity contribution in [2.24, 2.45) is 0 Å². The molecule has 1 aromatic rings. The monoisotopic (exact) mass is 370 g/mol. The molecule has 1 aliphatic heterocycles. The summed E-state index contributed by atoms with van der Waals surface area (Å²) in [6.07, 6.45) is 2.62. The normalized spacial score (nSPS) is 19.7. The summed E-state index contributed by atoms with van der Waals surface area (Å²) in [5.41, 5.74) is 0. The number of carbonyl (C=O) groups is 1. The second-order valence-corrected chi connectivity index (χ2v) is 9.54. The van der Waals surface area contributed by atoms with E-state index in [-0.39, 0.29) is 23.0 Å². The van der Waals surface area contributed by atoms with Crippen molar-refractivity contribution in [2.75, 3.05) is 18.8 Å². The van der Waals surface area contributed by atoms with Gasteiger partial charge in [0, 0.05) is 17.5 Å². The van der Waals surface area contributed by atoms with Crippen molar-refractivity contribution in [3.63, 3.8) is 0 Å². The molecule has 2 atom stereocenters. The number of amides is 1. The predicted molar refractivity (Wildman–Crippen MR) is 98.1 cm³/mol. The molecule has 2 rings (SSSR count). The van der Waals surface area contributed by atoms with Crippen LogP contribution in [0.4, 0.5) is 0 Å². The van der Waals surface area contributed by atoms with Crippen molar-refractivity contribution in [1.29, 1.82) is 0 Å². The van der Waals surface area contributed by atoms with E-state index in [2.05, 4.69) is 10.6 Å². The lowest BCUT2D eigenvalue weighted by atomic mass is 10.1. The summed E-state index contributed by atoms with van der Waals surface area (Å²) in [6.45, 7) is 5.46. The van der Waals surface area contributed by atoms with Crippen LogP contribution in [-0.4, -0.2) is 44.5 Å². The average molecular weight is 371 g/mol. The number of hydrogen-bond donors (Lipinski definition) is 2. The number of thioether (sulfide) groups is 1. The minimum Gasteiger partial charge on any atom is -0.351 e. The minimum atomic E-state index is -3.30. The summed E-state index contributed by atoms with van der Waals surface area (Å²) in [6, 6.07) is 7.10. The first-order valence-electron chi connectivity index (χ1n) is 8.43. The molecule has 0 saturated carbocycles. The van der Waals surface area contributed by atoms with Crippen LogP contribution in [0, 0.1) is 0 Å². The molecular weight excluding hydrogens is 344 g/mol. The van der Waals surface area contributed by atoms with Crippen LogP contribution in [0.25, 0.3) is 0 Å². The van der Waals surface area contributed by atoms with Gasteiger partial charge in [-0.3, -0.25) is 4.79 Å². The van der Waals surface area contributed by atoms with Gasteiger partial charge in [0.15, 0.2) is 9.84 Å². The van der Waals surface area contributed by atoms with Crippen molar-refractivity contribution in [2.45, 2.75) is 54.2 Å². The van der Waals surface area contributed by atoms with Crippen LogP contribution >= 0.6 is 11.8 Å². The van der Waals surface area contributed by atoms with Crippen molar-refractivity contribution in [3.05, 3.63) is 24.3 Å². The molecule has 5 nitrogen and oxygen atoms in total. The van der Waals surface area contributed by atoms with Gasteiger partial charge in [-0.05, 0) is 44.9 Å². The van der Waals surface area contributed by atoms with Gasteiger partial charge in [-0.15, -0.1) is 11.8 Å². The third kappa shape index (κ3) is 5.22. The van der Waals surface area contributed by atoms with E-state index in [4.69, 9.17) is 0 Å². The number of nitrogens with one attached hydrogen (secondary N) is 2. The Morgan fingerprint density at radius 2 is 2.17 bits per heavy atom. The van der Waals surface area contributed by atoms with Gasteiger partial charge in [0.05, 0.1) is 15.9 Å². The minimum absolute atomic E-state index is 0.0450. The Morgan fingerprint density at radius 1 is 1.42 bits per heavy atom. The molecule has 0 aliphatic carbocycles. The van der Waals surface area contributed by atoms with E-state index in [0.717, 1.165) is 25.9 Å². The van der Waals surface area contributed by atoms with Crippen molar-refractivity contribution in [3.8, 4) is 0 Å². The van der Waals surface area contributed by atoms with Crippen LogP contribution in [0.5, 0.6) is 0 Å².